The Morgan fingerprint density at radius 3 is 2.96 bits per heavy atom. The van der Waals surface area contributed by atoms with E-state index in [1.165, 1.54) is 18.2 Å². The molecule has 0 aliphatic heterocycles. The molecule has 0 saturated heterocycles. The molecule has 6 heteroatoms. The van der Waals surface area contributed by atoms with Crippen LogP contribution in [0.25, 0.3) is 0 Å². The molecule has 1 aromatic rings. The summed E-state index contributed by atoms with van der Waals surface area (Å²) < 4.78 is 24.1. The van der Waals surface area contributed by atoms with Gasteiger partial charge in [-0.05, 0) is 43.4 Å². The summed E-state index contributed by atoms with van der Waals surface area (Å²) in [5, 5.41) is 12.4. The number of carbonyl (C=O) groups excluding carboxylic acids is 1. The molecule has 1 aliphatic carbocycles. The number of nitrogens with one attached hydrogen (secondary N) is 1. The van der Waals surface area contributed by atoms with Gasteiger partial charge in [0.05, 0.1) is 25.9 Å². The summed E-state index contributed by atoms with van der Waals surface area (Å²) in [5.74, 6) is -0.379. The Kier molecular flexibility index (Phi) is 6.91. The minimum atomic E-state index is -0.835. The van der Waals surface area contributed by atoms with Crippen molar-refractivity contribution in [3.8, 4) is 6.07 Å². The van der Waals surface area contributed by atoms with Gasteiger partial charge in [0.1, 0.15) is 11.4 Å². The molecule has 1 aromatic carbocycles. The van der Waals surface area contributed by atoms with Crippen molar-refractivity contribution in [3.63, 3.8) is 0 Å². The lowest BCUT2D eigenvalue weighted by Gasteiger charge is -2.35. The summed E-state index contributed by atoms with van der Waals surface area (Å²) in [5.41, 5.74) is -0.190. The van der Waals surface area contributed by atoms with E-state index in [0.717, 1.165) is 12.8 Å². The Labute approximate surface area is 148 Å². The average molecular weight is 348 g/mol. The van der Waals surface area contributed by atoms with Crippen LogP contribution in [0.5, 0.6) is 0 Å². The van der Waals surface area contributed by atoms with E-state index in [1.807, 2.05) is 0 Å². The van der Waals surface area contributed by atoms with Crippen LogP contribution in [0.1, 0.15) is 48.5 Å². The van der Waals surface area contributed by atoms with Crippen LogP contribution in [0.3, 0.4) is 0 Å². The summed E-state index contributed by atoms with van der Waals surface area (Å²) in [6.07, 6.45) is 3.27. The van der Waals surface area contributed by atoms with Crippen molar-refractivity contribution < 1.29 is 18.7 Å². The van der Waals surface area contributed by atoms with Crippen molar-refractivity contribution in [2.75, 3.05) is 20.3 Å². The molecule has 1 N–H and O–H groups in total. The highest BCUT2D eigenvalue weighted by molar-refractivity contribution is 5.95. The normalized spacial score (nSPS) is 23.0. The Morgan fingerprint density at radius 1 is 1.48 bits per heavy atom. The minimum absolute atomic E-state index is 0.0662. The molecule has 0 heterocycles. The molecule has 0 radical (unpaired) electrons. The highest BCUT2D eigenvalue weighted by Crippen LogP contribution is 2.32. The first-order valence-corrected chi connectivity index (χ1v) is 8.58. The summed E-state index contributed by atoms with van der Waals surface area (Å²) in [4.78, 5) is 12.6. The monoisotopic (exact) mass is 348 g/mol. The quantitative estimate of drug-likeness (QED) is 0.768. The van der Waals surface area contributed by atoms with Crippen LogP contribution in [0.2, 0.25) is 0 Å². The van der Waals surface area contributed by atoms with E-state index < -0.39 is 11.4 Å². The molecule has 0 unspecified atom stereocenters. The Bertz CT molecular complexity index is 644. The van der Waals surface area contributed by atoms with Gasteiger partial charge in [-0.25, -0.2) is 4.39 Å². The molecule has 0 spiro atoms. The summed E-state index contributed by atoms with van der Waals surface area (Å²) in [7, 11) is 1.56. The van der Waals surface area contributed by atoms with Crippen molar-refractivity contribution in [1.29, 1.82) is 5.26 Å². The maximum absolute atomic E-state index is 13.9. The van der Waals surface area contributed by atoms with Gasteiger partial charge in [0, 0.05) is 18.2 Å². The van der Waals surface area contributed by atoms with Crippen molar-refractivity contribution in [2.45, 2.75) is 44.8 Å². The van der Waals surface area contributed by atoms with Gasteiger partial charge in [-0.1, -0.05) is 13.3 Å². The second-order valence-electron chi connectivity index (χ2n) is 6.70. The van der Waals surface area contributed by atoms with E-state index >= 15 is 0 Å². The molecule has 2 rings (SSSR count). The standard InChI is InChI=1S/C19H25FN2O3/c1-14-4-3-7-19(11-14,13-21)22-18(23)15-5-6-17(20)16(10-15)12-25-9-8-24-2/h5-6,10,14H,3-4,7-9,11-12H2,1-2H3,(H,22,23)/t14-,19+/m0/s1. The van der Waals surface area contributed by atoms with E-state index in [1.54, 1.807) is 7.11 Å². The number of benzene rings is 1. The van der Waals surface area contributed by atoms with Gasteiger partial charge in [0.2, 0.25) is 0 Å². The van der Waals surface area contributed by atoms with E-state index in [0.29, 0.717) is 43.1 Å². The van der Waals surface area contributed by atoms with Crippen LogP contribution in [0.4, 0.5) is 4.39 Å². The first kappa shape index (κ1) is 19.4. The second kappa shape index (κ2) is 8.93. The lowest BCUT2D eigenvalue weighted by atomic mass is 9.77. The van der Waals surface area contributed by atoms with Crippen molar-refractivity contribution in [2.24, 2.45) is 5.92 Å². The third-order valence-corrected chi connectivity index (χ3v) is 4.56. The zero-order valence-corrected chi connectivity index (χ0v) is 14.8. The molecule has 1 saturated carbocycles. The van der Waals surface area contributed by atoms with Gasteiger partial charge in [-0.15, -0.1) is 0 Å². The largest absolute Gasteiger partial charge is 0.382 e. The van der Waals surface area contributed by atoms with Gasteiger partial charge < -0.3 is 14.8 Å². The smallest absolute Gasteiger partial charge is 0.252 e. The number of ether oxygens (including phenoxy) is 2. The number of hydrogen-bond acceptors (Lipinski definition) is 4. The fraction of sp³-hybridized carbons (Fsp3) is 0.579. The van der Waals surface area contributed by atoms with Crippen LogP contribution in [0, 0.1) is 23.1 Å². The van der Waals surface area contributed by atoms with E-state index in [-0.39, 0.29) is 12.5 Å². The molecule has 25 heavy (non-hydrogen) atoms. The van der Waals surface area contributed by atoms with Crippen molar-refractivity contribution in [3.05, 3.63) is 35.1 Å². The zero-order valence-electron chi connectivity index (χ0n) is 14.8. The Balaban J connectivity index is 2.07. The van der Waals surface area contributed by atoms with Crippen LogP contribution in [-0.2, 0) is 16.1 Å². The van der Waals surface area contributed by atoms with Gasteiger partial charge in [-0.2, -0.15) is 5.26 Å². The van der Waals surface area contributed by atoms with E-state index in [9.17, 15) is 14.4 Å². The molecular formula is C19H25FN2O3. The van der Waals surface area contributed by atoms with Gasteiger partial charge in [0.25, 0.3) is 5.91 Å². The maximum Gasteiger partial charge on any atom is 0.252 e. The number of methoxy groups -OCH3 is 1. The predicted molar refractivity (Wildman–Crippen MR) is 91.4 cm³/mol. The number of carbonyl (C=O) groups is 1. The van der Waals surface area contributed by atoms with Crippen LogP contribution in [0.15, 0.2) is 18.2 Å². The molecule has 0 aromatic heterocycles. The predicted octanol–water partition coefficient (Wildman–Crippen LogP) is 3.19. The van der Waals surface area contributed by atoms with Gasteiger partial charge in [0.15, 0.2) is 0 Å². The van der Waals surface area contributed by atoms with Crippen LogP contribution >= 0.6 is 0 Å². The molecular weight excluding hydrogens is 323 g/mol. The van der Waals surface area contributed by atoms with Crippen LogP contribution < -0.4 is 5.32 Å². The number of nitrogens with zero attached hydrogens (tertiary/aromatic N) is 1. The lowest BCUT2D eigenvalue weighted by molar-refractivity contribution is 0.0603. The first-order chi connectivity index (χ1) is 12.0. The van der Waals surface area contributed by atoms with Gasteiger partial charge in [-0.3, -0.25) is 4.79 Å². The number of halogens is 1. The van der Waals surface area contributed by atoms with E-state index in [2.05, 4.69) is 18.3 Å². The molecule has 1 aliphatic rings. The second-order valence-corrected chi connectivity index (χ2v) is 6.70. The molecule has 1 fully saturated rings. The molecule has 136 valence electrons. The molecule has 0 bridgehead atoms. The fourth-order valence-electron chi connectivity index (χ4n) is 3.23. The topological polar surface area (TPSA) is 71.3 Å². The summed E-state index contributed by atoms with van der Waals surface area (Å²) in [6.45, 7) is 2.92. The summed E-state index contributed by atoms with van der Waals surface area (Å²) >= 11 is 0. The Morgan fingerprint density at radius 2 is 2.28 bits per heavy atom. The van der Waals surface area contributed by atoms with Crippen molar-refractivity contribution in [1.82, 2.24) is 5.32 Å². The molecule has 2 atom stereocenters. The van der Waals surface area contributed by atoms with Gasteiger partial charge >= 0.3 is 0 Å². The Hall–Kier alpha value is -1.97. The first-order valence-electron chi connectivity index (χ1n) is 8.58. The fourth-order valence-corrected chi connectivity index (χ4v) is 3.23. The zero-order chi connectivity index (χ0) is 18.3. The number of amides is 1. The number of nitriles is 1. The highest BCUT2D eigenvalue weighted by Gasteiger charge is 2.36. The minimum Gasteiger partial charge on any atom is -0.382 e. The number of hydrogen-bond donors (Lipinski definition) is 1. The SMILES string of the molecule is COCCOCc1cc(C(=O)N[C@]2(C#N)CCC[C@H](C)C2)ccc1F. The third kappa shape index (κ3) is 5.25. The highest BCUT2D eigenvalue weighted by atomic mass is 19.1. The van der Waals surface area contributed by atoms with E-state index in [4.69, 9.17) is 9.47 Å². The molecule has 1 amide bonds. The molecule has 5 nitrogen and oxygen atoms in total. The lowest BCUT2D eigenvalue weighted by Crippen LogP contribution is -2.50. The maximum atomic E-state index is 13.9. The number of rotatable bonds is 7. The third-order valence-electron chi connectivity index (χ3n) is 4.56. The van der Waals surface area contributed by atoms with Crippen molar-refractivity contribution >= 4 is 5.91 Å². The average Bonchev–Trinajstić information content (AvgIpc) is 2.60. The van der Waals surface area contributed by atoms with Crippen LogP contribution in [-0.4, -0.2) is 31.8 Å². The summed E-state index contributed by atoms with van der Waals surface area (Å²) in [6, 6.07) is 6.45.